The molecule has 0 fully saturated rings. The number of fused-ring (bicyclic) bond motifs is 3. The zero-order valence-electron chi connectivity index (χ0n) is 11.0. The number of rotatable bonds is 1. The fourth-order valence-electron chi connectivity index (χ4n) is 3.05. The molecule has 18 heavy (non-hydrogen) atoms. The third kappa shape index (κ3) is 1.92. The Bertz CT molecular complexity index is 614. The van der Waals surface area contributed by atoms with Crippen molar-refractivity contribution in [1.29, 1.82) is 0 Å². The van der Waals surface area contributed by atoms with Gasteiger partial charge in [0.25, 0.3) is 0 Å². The van der Waals surface area contributed by atoms with E-state index in [1.807, 2.05) is 0 Å². The summed E-state index contributed by atoms with van der Waals surface area (Å²) in [6.45, 7) is 7.12. The zero-order chi connectivity index (χ0) is 12.0. The molecule has 0 N–H and O–H groups in total. The van der Waals surface area contributed by atoms with E-state index < -0.39 is 0 Å². The molecule has 0 bridgehead atoms. The van der Waals surface area contributed by atoms with Crippen molar-refractivity contribution < 1.29 is 0 Å². The predicted octanol–water partition coefficient (Wildman–Crippen LogP) is 5.06. The quantitative estimate of drug-likeness (QED) is 0.638. The van der Waals surface area contributed by atoms with Gasteiger partial charge in [0.05, 0.1) is 8.80 Å². The van der Waals surface area contributed by atoms with Crippen LogP contribution in [0.3, 0.4) is 0 Å². The molecule has 2 heteroatoms. The first-order valence-electron chi connectivity index (χ1n) is 6.18. The smallest absolute Gasteiger partial charge is 0.0551 e. The van der Waals surface area contributed by atoms with Gasteiger partial charge in [-0.1, -0.05) is 61.1 Å². The standard InChI is InChI=1S/C16H17Si.ClH/c1-11-10-15-13-7-5-4-6-12(13)8-9-14(15)16(11)17(2)3;/h4-10,16H,1-3H3;1H. The molecule has 0 amide bonds. The van der Waals surface area contributed by atoms with Crippen LogP contribution in [-0.2, 0) is 0 Å². The van der Waals surface area contributed by atoms with Crippen LogP contribution in [0.15, 0.2) is 42.0 Å². The van der Waals surface area contributed by atoms with Crippen LogP contribution in [0.5, 0.6) is 0 Å². The number of hydrogen-bond donors (Lipinski definition) is 0. The van der Waals surface area contributed by atoms with E-state index in [9.17, 15) is 0 Å². The maximum atomic E-state index is 2.41. The lowest BCUT2D eigenvalue weighted by atomic mass is 10.0. The Kier molecular flexibility index (Phi) is 3.65. The maximum Gasteiger partial charge on any atom is 0.0551 e. The first-order valence-corrected chi connectivity index (χ1v) is 8.76. The minimum absolute atomic E-state index is 0. The van der Waals surface area contributed by atoms with Gasteiger partial charge in [0.2, 0.25) is 0 Å². The fourth-order valence-corrected chi connectivity index (χ4v) is 4.92. The molecule has 1 radical (unpaired) electrons. The predicted molar refractivity (Wildman–Crippen MR) is 85.1 cm³/mol. The van der Waals surface area contributed by atoms with Gasteiger partial charge < -0.3 is 0 Å². The maximum absolute atomic E-state index is 2.41. The van der Waals surface area contributed by atoms with Crippen LogP contribution >= 0.6 is 12.4 Å². The van der Waals surface area contributed by atoms with Crippen LogP contribution in [0.4, 0.5) is 0 Å². The minimum Gasteiger partial charge on any atom is -0.147 e. The molecule has 1 unspecified atom stereocenters. The molecular formula is C16H18ClSi. The molecule has 0 nitrogen and oxygen atoms in total. The molecule has 2 aromatic rings. The van der Waals surface area contributed by atoms with Crippen molar-refractivity contribution >= 4 is 38.1 Å². The van der Waals surface area contributed by atoms with Crippen molar-refractivity contribution in [3.8, 4) is 0 Å². The second kappa shape index (κ2) is 4.91. The largest absolute Gasteiger partial charge is 0.147 e. The Hall–Kier alpha value is -1.05. The molecule has 0 saturated heterocycles. The molecule has 0 aliphatic heterocycles. The van der Waals surface area contributed by atoms with Crippen molar-refractivity contribution in [2.45, 2.75) is 25.6 Å². The van der Waals surface area contributed by atoms with E-state index >= 15 is 0 Å². The van der Waals surface area contributed by atoms with Crippen molar-refractivity contribution in [3.63, 3.8) is 0 Å². The van der Waals surface area contributed by atoms with E-state index in [0.29, 0.717) is 5.54 Å². The Labute approximate surface area is 117 Å². The first-order chi connectivity index (χ1) is 8.18. The lowest BCUT2D eigenvalue weighted by molar-refractivity contribution is 1.11. The number of benzene rings is 2. The van der Waals surface area contributed by atoms with Crippen molar-refractivity contribution in [3.05, 3.63) is 53.1 Å². The molecule has 0 heterocycles. The van der Waals surface area contributed by atoms with Gasteiger partial charge in [-0.3, -0.25) is 0 Å². The second-order valence-corrected chi connectivity index (χ2v) is 7.92. The van der Waals surface area contributed by atoms with Crippen molar-refractivity contribution in [2.24, 2.45) is 0 Å². The highest BCUT2D eigenvalue weighted by Crippen LogP contribution is 2.40. The SMILES string of the molecule is CC1=Cc2c(ccc3ccccc23)C1[Si](C)C.Cl. The highest BCUT2D eigenvalue weighted by molar-refractivity contribution is 6.58. The van der Waals surface area contributed by atoms with Gasteiger partial charge in [-0.2, -0.15) is 0 Å². The molecule has 3 rings (SSSR count). The van der Waals surface area contributed by atoms with Gasteiger partial charge in [0.15, 0.2) is 0 Å². The lowest BCUT2D eigenvalue weighted by Gasteiger charge is -2.17. The molecule has 1 atom stereocenters. The molecule has 2 aromatic carbocycles. The lowest BCUT2D eigenvalue weighted by Crippen LogP contribution is -2.15. The number of hydrogen-bond acceptors (Lipinski definition) is 0. The molecule has 1 aliphatic rings. The summed E-state index contributed by atoms with van der Waals surface area (Å²) in [5.74, 6) is 0. The number of allylic oxidation sites excluding steroid dienone is 1. The summed E-state index contributed by atoms with van der Waals surface area (Å²) in [4.78, 5) is 0. The Morgan fingerprint density at radius 1 is 1.00 bits per heavy atom. The first kappa shape index (κ1) is 13.4. The summed E-state index contributed by atoms with van der Waals surface area (Å²) in [5.41, 5.74) is 5.28. The Balaban J connectivity index is 0.00000120. The molecule has 0 spiro atoms. The summed E-state index contributed by atoms with van der Waals surface area (Å²) < 4.78 is 0. The minimum atomic E-state index is -0.309. The Morgan fingerprint density at radius 2 is 1.72 bits per heavy atom. The summed E-state index contributed by atoms with van der Waals surface area (Å²) in [5, 5.41) is 2.77. The van der Waals surface area contributed by atoms with Crippen LogP contribution in [-0.4, -0.2) is 8.80 Å². The van der Waals surface area contributed by atoms with Gasteiger partial charge in [-0.25, -0.2) is 0 Å². The molecule has 1 aliphatic carbocycles. The van der Waals surface area contributed by atoms with E-state index in [2.05, 4.69) is 62.5 Å². The normalized spacial score (nSPS) is 17.6. The third-order valence-electron chi connectivity index (χ3n) is 3.72. The third-order valence-corrected chi connectivity index (χ3v) is 5.64. The van der Waals surface area contributed by atoms with Gasteiger partial charge in [-0.15, -0.1) is 12.4 Å². The molecule has 0 aromatic heterocycles. The van der Waals surface area contributed by atoms with Crippen molar-refractivity contribution in [1.82, 2.24) is 0 Å². The monoisotopic (exact) mass is 273 g/mol. The zero-order valence-corrected chi connectivity index (χ0v) is 12.8. The average molecular weight is 274 g/mol. The van der Waals surface area contributed by atoms with E-state index in [-0.39, 0.29) is 21.2 Å². The van der Waals surface area contributed by atoms with E-state index in [1.54, 1.807) is 11.1 Å². The Morgan fingerprint density at radius 3 is 2.44 bits per heavy atom. The van der Waals surface area contributed by atoms with Crippen LogP contribution in [0.1, 0.15) is 23.6 Å². The highest BCUT2D eigenvalue weighted by Gasteiger charge is 2.26. The van der Waals surface area contributed by atoms with Crippen molar-refractivity contribution in [2.75, 3.05) is 0 Å². The van der Waals surface area contributed by atoms with Gasteiger partial charge in [-0.05, 0) is 34.4 Å². The molecule has 0 saturated carbocycles. The van der Waals surface area contributed by atoms with Gasteiger partial charge >= 0.3 is 0 Å². The fraction of sp³-hybridized carbons (Fsp3) is 0.250. The summed E-state index contributed by atoms with van der Waals surface area (Å²) in [6, 6.07) is 13.3. The van der Waals surface area contributed by atoms with Gasteiger partial charge in [0.1, 0.15) is 0 Å². The highest BCUT2D eigenvalue weighted by atomic mass is 35.5. The summed E-state index contributed by atoms with van der Waals surface area (Å²) in [7, 11) is -0.309. The van der Waals surface area contributed by atoms with Crippen LogP contribution in [0.25, 0.3) is 16.8 Å². The average Bonchev–Trinajstić information content (AvgIpc) is 2.65. The van der Waals surface area contributed by atoms with E-state index in [0.717, 1.165) is 0 Å². The van der Waals surface area contributed by atoms with E-state index in [4.69, 9.17) is 0 Å². The summed E-state index contributed by atoms with van der Waals surface area (Å²) in [6.07, 6.45) is 2.40. The summed E-state index contributed by atoms with van der Waals surface area (Å²) >= 11 is 0. The van der Waals surface area contributed by atoms with Crippen LogP contribution in [0.2, 0.25) is 13.1 Å². The van der Waals surface area contributed by atoms with Crippen LogP contribution in [0, 0.1) is 0 Å². The second-order valence-electron chi connectivity index (χ2n) is 5.19. The molecule has 93 valence electrons. The van der Waals surface area contributed by atoms with Gasteiger partial charge in [0, 0.05) is 0 Å². The number of halogens is 1. The molecular weight excluding hydrogens is 256 g/mol. The van der Waals surface area contributed by atoms with Crippen LogP contribution < -0.4 is 0 Å². The topological polar surface area (TPSA) is 0 Å². The van der Waals surface area contributed by atoms with E-state index in [1.165, 1.54) is 16.3 Å².